The van der Waals surface area contributed by atoms with Gasteiger partial charge in [-0.3, -0.25) is 4.79 Å². The van der Waals surface area contributed by atoms with E-state index in [1.54, 1.807) is 36.1 Å². The maximum Gasteiger partial charge on any atom is 0.266 e. The number of sulfonamides is 1. The zero-order chi connectivity index (χ0) is 23.6. The number of nitriles is 1. The molecule has 0 radical (unpaired) electrons. The zero-order valence-electron chi connectivity index (χ0n) is 17.2. The Balaban J connectivity index is 2.07. The number of alkyl halides is 2. The van der Waals surface area contributed by atoms with E-state index >= 15 is 0 Å². The van der Waals surface area contributed by atoms with E-state index in [0.717, 1.165) is 22.3 Å². The van der Waals surface area contributed by atoms with Gasteiger partial charge in [0, 0.05) is 22.7 Å². The number of anilines is 1. The van der Waals surface area contributed by atoms with E-state index in [9.17, 15) is 22.0 Å². The number of rotatable bonds is 7. The van der Waals surface area contributed by atoms with Crippen molar-refractivity contribution in [1.82, 2.24) is 4.31 Å². The fraction of sp³-hybridized carbons (Fsp3) is 0.238. The molecule has 1 aliphatic heterocycles. The molecule has 0 saturated heterocycles. The van der Waals surface area contributed by atoms with Crippen LogP contribution in [0.25, 0.3) is 0 Å². The third kappa shape index (κ3) is 4.87. The molecule has 0 saturated carbocycles. The van der Waals surface area contributed by atoms with Crippen LogP contribution in [-0.2, 0) is 21.4 Å². The number of hydrogen-bond acceptors (Lipinski definition) is 6. The largest absolute Gasteiger partial charge is 0.364 e. The number of carbonyl (C=O) groups is 1. The molecule has 7 nitrogen and oxygen atoms in total. The van der Waals surface area contributed by atoms with Crippen LogP contribution in [-0.4, -0.2) is 30.4 Å². The van der Waals surface area contributed by atoms with Crippen LogP contribution in [0.4, 0.5) is 14.5 Å². The van der Waals surface area contributed by atoms with Gasteiger partial charge in [0.15, 0.2) is 5.50 Å². The second kappa shape index (κ2) is 9.18. The van der Waals surface area contributed by atoms with Crippen LogP contribution in [0.15, 0.2) is 59.1 Å². The first kappa shape index (κ1) is 23.6. The summed E-state index contributed by atoms with van der Waals surface area (Å²) < 4.78 is 52.1. The van der Waals surface area contributed by atoms with Gasteiger partial charge in [-0.2, -0.15) is 5.26 Å². The molecule has 2 N–H and O–H groups in total. The maximum absolute atomic E-state index is 12.9. The SMILES string of the molecule is CC1=C(C(N)=O)N(S(C)(=O)=O)C(N(Cc2ccc(C(F)F)cc2)c2ccc(C#N)cc2)S1. The topological polar surface area (TPSA) is 108 Å². The Labute approximate surface area is 189 Å². The first-order valence-electron chi connectivity index (χ1n) is 9.33. The lowest BCUT2D eigenvalue weighted by Gasteiger charge is -2.36. The van der Waals surface area contributed by atoms with E-state index in [1.165, 1.54) is 24.3 Å². The summed E-state index contributed by atoms with van der Waals surface area (Å²) in [6.07, 6.45) is -1.62. The van der Waals surface area contributed by atoms with Crippen molar-refractivity contribution in [2.45, 2.75) is 25.4 Å². The number of benzene rings is 2. The summed E-state index contributed by atoms with van der Waals surface area (Å²) in [4.78, 5) is 14.2. The van der Waals surface area contributed by atoms with Crippen molar-refractivity contribution in [2.24, 2.45) is 5.73 Å². The molecule has 1 unspecified atom stereocenters. The highest BCUT2D eigenvalue weighted by Crippen LogP contribution is 2.43. The summed E-state index contributed by atoms with van der Waals surface area (Å²) in [5.74, 6) is -0.871. The third-order valence-corrected chi connectivity index (χ3v) is 7.26. The van der Waals surface area contributed by atoms with Gasteiger partial charge >= 0.3 is 0 Å². The van der Waals surface area contributed by atoms with E-state index in [4.69, 9.17) is 11.0 Å². The number of halogens is 2. The van der Waals surface area contributed by atoms with Gasteiger partial charge in [-0.1, -0.05) is 36.0 Å². The molecule has 2 aromatic rings. The molecule has 0 bridgehead atoms. The molecule has 1 aliphatic rings. The van der Waals surface area contributed by atoms with Crippen molar-refractivity contribution in [1.29, 1.82) is 5.26 Å². The Kier molecular flexibility index (Phi) is 6.76. The van der Waals surface area contributed by atoms with Gasteiger partial charge in [-0.05, 0) is 36.8 Å². The fourth-order valence-corrected chi connectivity index (χ4v) is 6.13. The van der Waals surface area contributed by atoms with Crippen molar-refractivity contribution in [3.8, 4) is 6.07 Å². The minimum Gasteiger partial charge on any atom is -0.364 e. The smallest absolute Gasteiger partial charge is 0.266 e. The van der Waals surface area contributed by atoms with Gasteiger partial charge in [-0.25, -0.2) is 21.5 Å². The summed E-state index contributed by atoms with van der Waals surface area (Å²) in [6, 6.07) is 14.2. The van der Waals surface area contributed by atoms with E-state index in [-0.39, 0.29) is 17.8 Å². The molecule has 168 valence electrons. The summed E-state index contributed by atoms with van der Waals surface area (Å²) in [6.45, 7) is 1.76. The molecule has 1 amide bonds. The summed E-state index contributed by atoms with van der Waals surface area (Å²) in [5.41, 5.74) is 5.99. The molecule has 3 rings (SSSR count). The summed E-state index contributed by atoms with van der Waals surface area (Å²) in [5, 5.41) is 9.09. The lowest BCUT2D eigenvalue weighted by Crippen LogP contribution is -2.47. The van der Waals surface area contributed by atoms with Crippen LogP contribution in [0, 0.1) is 11.3 Å². The van der Waals surface area contributed by atoms with Crippen LogP contribution in [0.5, 0.6) is 0 Å². The minimum atomic E-state index is -3.89. The third-order valence-electron chi connectivity index (χ3n) is 4.81. The van der Waals surface area contributed by atoms with Gasteiger partial charge in [-0.15, -0.1) is 0 Å². The number of amides is 1. The van der Waals surface area contributed by atoms with Crippen LogP contribution in [0.3, 0.4) is 0 Å². The van der Waals surface area contributed by atoms with Crippen molar-refractivity contribution in [3.63, 3.8) is 0 Å². The Hall–Kier alpha value is -3.10. The van der Waals surface area contributed by atoms with Crippen LogP contribution in [0.1, 0.15) is 30.0 Å². The maximum atomic E-state index is 12.9. The number of hydrogen-bond donors (Lipinski definition) is 1. The molecule has 2 aromatic carbocycles. The minimum absolute atomic E-state index is 0.116. The number of nitrogens with zero attached hydrogens (tertiary/aromatic N) is 3. The molecule has 32 heavy (non-hydrogen) atoms. The predicted octanol–water partition coefficient (Wildman–Crippen LogP) is 3.51. The second-order valence-corrected chi connectivity index (χ2v) is 10.2. The number of nitrogens with two attached hydrogens (primary N) is 1. The lowest BCUT2D eigenvalue weighted by molar-refractivity contribution is -0.115. The standard InChI is InChI=1S/C21H20F2N4O3S2/c1-13-18(20(25)28)27(32(2,29)30)21(31-13)26(17-9-5-14(11-24)6-10-17)12-15-3-7-16(8-4-15)19(22)23/h3-10,19,21H,12H2,1-2H3,(H2,25,28). The quantitative estimate of drug-likeness (QED) is 0.653. The van der Waals surface area contributed by atoms with E-state index in [0.29, 0.717) is 21.7 Å². The number of allylic oxidation sites excluding steroid dienone is 1. The van der Waals surface area contributed by atoms with Crippen molar-refractivity contribution in [3.05, 3.63) is 75.8 Å². The molecule has 1 heterocycles. The Bertz CT molecular complexity index is 1190. The van der Waals surface area contributed by atoms with Gasteiger partial charge in [0.05, 0.1) is 17.9 Å². The van der Waals surface area contributed by atoms with E-state index < -0.39 is 27.9 Å². The Morgan fingerprint density at radius 2 is 1.81 bits per heavy atom. The average Bonchev–Trinajstić information content (AvgIpc) is 3.10. The molecular formula is C21H20F2N4O3S2. The average molecular weight is 479 g/mol. The highest BCUT2D eigenvalue weighted by atomic mass is 32.2. The van der Waals surface area contributed by atoms with Crippen molar-refractivity contribution < 1.29 is 22.0 Å². The van der Waals surface area contributed by atoms with Crippen molar-refractivity contribution in [2.75, 3.05) is 11.2 Å². The van der Waals surface area contributed by atoms with Crippen LogP contribution < -0.4 is 10.6 Å². The van der Waals surface area contributed by atoms with E-state index in [2.05, 4.69) is 0 Å². The van der Waals surface area contributed by atoms with Gasteiger partial charge < -0.3 is 10.6 Å². The molecule has 0 aliphatic carbocycles. The number of thioether (sulfide) groups is 1. The first-order chi connectivity index (χ1) is 15.0. The lowest BCUT2D eigenvalue weighted by atomic mass is 10.1. The van der Waals surface area contributed by atoms with Crippen LogP contribution in [0.2, 0.25) is 0 Å². The molecule has 11 heteroatoms. The number of primary amides is 1. The second-order valence-electron chi connectivity index (χ2n) is 7.10. The molecule has 0 spiro atoms. The normalized spacial score (nSPS) is 16.4. The first-order valence-corrected chi connectivity index (χ1v) is 12.1. The van der Waals surface area contributed by atoms with Gasteiger partial charge in [0.2, 0.25) is 10.0 Å². The fourth-order valence-electron chi connectivity index (χ4n) is 3.32. The molecule has 1 atom stereocenters. The Morgan fingerprint density at radius 3 is 2.28 bits per heavy atom. The summed E-state index contributed by atoms with van der Waals surface area (Å²) in [7, 11) is -3.89. The zero-order valence-corrected chi connectivity index (χ0v) is 18.8. The predicted molar refractivity (Wildman–Crippen MR) is 119 cm³/mol. The van der Waals surface area contributed by atoms with Gasteiger partial charge in [0.1, 0.15) is 5.70 Å². The highest BCUT2D eigenvalue weighted by molar-refractivity contribution is 8.04. The van der Waals surface area contributed by atoms with E-state index in [1.807, 2.05) is 6.07 Å². The van der Waals surface area contributed by atoms with Crippen LogP contribution >= 0.6 is 11.8 Å². The highest BCUT2D eigenvalue weighted by Gasteiger charge is 2.42. The number of carbonyl (C=O) groups excluding carboxylic acids is 1. The molecule has 0 aromatic heterocycles. The summed E-state index contributed by atoms with van der Waals surface area (Å²) >= 11 is 1.14. The molecular weight excluding hydrogens is 458 g/mol. The Morgan fingerprint density at radius 1 is 1.22 bits per heavy atom. The molecule has 0 fully saturated rings. The van der Waals surface area contributed by atoms with Gasteiger partial charge in [0.25, 0.3) is 12.3 Å². The monoisotopic (exact) mass is 478 g/mol. The van der Waals surface area contributed by atoms with Crippen molar-refractivity contribution >= 4 is 33.4 Å².